The normalized spacial score (nSPS) is 12.8. The fourth-order valence-electron chi connectivity index (χ4n) is 3.11. The molecule has 1 aliphatic heterocycles. The fourth-order valence-corrected chi connectivity index (χ4v) is 4.28. The molecule has 3 aromatic rings. The molecule has 0 fully saturated rings. The molecule has 0 bridgehead atoms. The van der Waals surface area contributed by atoms with Gasteiger partial charge in [0.25, 0.3) is 17.4 Å². The zero-order chi connectivity index (χ0) is 21.4. The summed E-state index contributed by atoms with van der Waals surface area (Å²) in [5.41, 5.74) is 1.29. The van der Waals surface area contributed by atoms with E-state index in [4.69, 9.17) is 9.84 Å². The van der Waals surface area contributed by atoms with Gasteiger partial charge in [0.15, 0.2) is 6.61 Å². The van der Waals surface area contributed by atoms with Gasteiger partial charge in [0.05, 0.1) is 17.5 Å². The minimum absolute atomic E-state index is 0.0407. The molecule has 1 aliphatic rings. The van der Waals surface area contributed by atoms with Gasteiger partial charge in [-0.25, -0.2) is 4.98 Å². The second kappa shape index (κ2) is 7.59. The number of benzene rings is 1. The fraction of sp³-hybridized carbons (Fsp3) is 0.211. The van der Waals surface area contributed by atoms with Crippen LogP contribution in [0.15, 0.2) is 23.0 Å². The number of carbonyl (C=O) groups excluding carboxylic acids is 2. The SMILES string of the molecule is Cc1c(CC(=O)O)sc2nc(C(=O)NCc3ccc4c(c3)NC(=O)CO4)[nH]c(=O)c12. The van der Waals surface area contributed by atoms with E-state index in [1.54, 1.807) is 25.1 Å². The van der Waals surface area contributed by atoms with Crippen molar-refractivity contribution in [3.8, 4) is 5.75 Å². The molecule has 3 heterocycles. The smallest absolute Gasteiger partial charge is 0.308 e. The first-order chi connectivity index (χ1) is 14.3. The molecule has 4 N–H and O–H groups in total. The highest BCUT2D eigenvalue weighted by atomic mass is 32.1. The van der Waals surface area contributed by atoms with Gasteiger partial charge in [-0.3, -0.25) is 19.2 Å². The maximum Gasteiger partial charge on any atom is 0.308 e. The molecule has 2 amide bonds. The van der Waals surface area contributed by atoms with E-state index in [-0.39, 0.29) is 31.3 Å². The molecule has 0 unspecified atom stereocenters. The number of thiophene rings is 1. The van der Waals surface area contributed by atoms with E-state index in [1.807, 2.05) is 0 Å². The van der Waals surface area contributed by atoms with Gasteiger partial charge in [0.2, 0.25) is 5.82 Å². The van der Waals surface area contributed by atoms with Gasteiger partial charge in [0.1, 0.15) is 10.6 Å². The summed E-state index contributed by atoms with van der Waals surface area (Å²) in [7, 11) is 0. The molecule has 0 spiro atoms. The summed E-state index contributed by atoms with van der Waals surface area (Å²) in [6, 6.07) is 5.13. The van der Waals surface area contributed by atoms with E-state index >= 15 is 0 Å². The number of nitrogens with one attached hydrogen (secondary N) is 3. The molecule has 2 aromatic heterocycles. The van der Waals surface area contributed by atoms with Crippen molar-refractivity contribution in [3.05, 3.63) is 50.4 Å². The molecule has 0 atom stereocenters. The van der Waals surface area contributed by atoms with Gasteiger partial charge in [0, 0.05) is 11.4 Å². The minimum atomic E-state index is -1.01. The molecule has 11 heteroatoms. The van der Waals surface area contributed by atoms with Gasteiger partial charge in [-0.1, -0.05) is 6.07 Å². The van der Waals surface area contributed by atoms with Crippen molar-refractivity contribution in [2.24, 2.45) is 0 Å². The number of carboxylic acid groups (broad SMARTS) is 1. The van der Waals surface area contributed by atoms with Crippen LogP contribution in [-0.2, 0) is 22.6 Å². The number of anilines is 1. The summed E-state index contributed by atoms with van der Waals surface area (Å²) in [4.78, 5) is 54.8. The van der Waals surface area contributed by atoms with Crippen LogP contribution in [0.5, 0.6) is 5.75 Å². The van der Waals surface area contributed by atoms with Crippen LogP contribution in [0.2, 0.25) is 0 Å². The quantitative estimate of drug-likeness (QED) is 0.476. The zero-order valence-corrected chi connectivity index (χ0v) is 16.5. The summed E-state index contributed by atoms with van der Waals surface area (Å²) < 4.78 is 5.29. The summed E-state index contributed by atoms with van der Waals surface area (Å²) in [5.74, 6) is -1.47. The van der Waals surface area contributed by atoms with E-state index in [2.05, 4.69) is 20.6 Å². The Morgan fingerprint density at radius 3 is 2.90 bits per heavy atom. The maximum absolute atomic E-state index is 12.5. The van der Waals surface area contributed by atoms with E-state index in [0.29, 0.717) is 37.7 Å². The number of aryl methyl sites for hydroxylation is 1. The van der Waals surface area contributed by atoms with E-state index < -0.39 is 17.4 Å². The lowest BCUT2D eigenvalue weighted by atomic mass is 10.1. The van der Waals surface area contributed by atoms with Crippen LogP contribution in [0.1, 0.15) is 26.6 Å². The van der Waals surface area contributed by atoms with Crippen molar-refractivity contribution in [2.75, 3.05) is 11.9 Å². The van der Waals surface area contributed by atoms with Crippen LogP contribution in [0, 0.1) is 6.92 Å². The average Bonchev–Trinajstić information content (AvgIpc) is 3.00. The Hall–Kier alpha value is -3.73. The predicted octanol–water partition coefficient (Wildman–Crippen LogP) is 1.18. The average molecular weight is 428 g/mol. The lowest BCUT2D eigenvalue weighted by Gasteiger charge is -2.18. The van der Waals surface area contributed by atoms with E-state index in [1.165, 1.54) is 0 Å². The van der Waals surface area contributed by atoms with Crippen LogP contribution < -0.4 is 20.9 Å². The molecule has 0 aliphatic carbocycles. The molecule has 30 heavy (non-hydrogen) atoms. The van der Waals surface area contributed by atoms with Crippen LogP contribution in [0.25, 0.3) is 10.2 Å². The Kier molecular flexibility index (Phi) is 4.96. The molecule has 4 rings (SSSR count). The number of carboxylic acids is 1. The second-order valence-electron chi connectivity index (χ2n) is 6.67. The largest absolute Gasteiger partial charge is 0.482 e. The van der Waals surface area contributed by atoms with Crippen molar-refractivity contribution in [1.82, 2.24) is 15.3 Å². The van der Waals surface area contributed by atoms with Crippen molar-refractivity contribution in [2.45, 2.75) is 19.9 Å². The number of H-pyrrole nitrogens is 1. The first kappa shape index (κ1) is 19.6. The number of nitrogens with zero attached hydrogens (tertiary/aromatic N) is 1. The summed E-state index contributed by atoms with van der Waals surface area (Å²) in [6.07, 6.45) is -0.216. The molecule has 0 radical (unpaired) electrons. The number of fused-ring (bicyclic) bond motifs is 2. The Morgan fingerprint density at radius 2 is 2.13 bits per heavy atom. The molecule has 10 nitrogen and oxygen atoms in total. The molecule has 1 aromatic carbocycles. The molecular weight excluding hydrogens is 412 g/mol. The Bertz CT molecular complexity index is 1260. The van der Waals surface area contributed by atoms with Crippen LogP contribution in [0.4, 0.5) is 5.69 Å². The van der Waals surface area contributed by atoms with E-state index in [9.17, 15) is 19.2 Å². The molecule has 0 saturated carbocycles. The molecular formula is C19H16N4O6S. The maximum atomic E-state index is 12.5. The second-order valence-corrected chi connectivity index (χ2v) is 7.75. The topological polar surface area (TPSA) is 150 Å². The van der Waals surface area contributed by atoms with Crippen LogP contribution >= 0.6 is 11.3 Å². The van der Waals surface area contributed by atoms with Gasteiger partial charge in [-0.2, -0.15) is 0 Å². The number of aromatic amines is 1. The third-order valence-electron chi connectivity index (χ3n) is 4.56. The number of ether oxygens (including phenoxy) is 1. The van der Waals surface area contributed by atoms with Crippen molar-refractivity contribution in [1.29, 1.82) is 0 Å². The summed E-state index contributed by atoms with van der Waals surface area (Å²) in [6.45, 7) is 1.75. The Balaban J connectivity index is 1.54. The molecule has 154 valence electrons. The third kappa shape index (κ3) is 3.74. The number of aliphatic carboxylic acids is 1. The first-order valence-corrected chi connectivity index (χ1v) is 9.71. The Morgan fingerprint density at radius 1 is 1.33 bits per heavy atom. The highest BCUT2D eigenvalue weighted by Crippen LogP contribution is 2.29. The number of hydrogen-bond acceptors (Lipinski definition) is 7. The summed E-state index contributed by atoms with van der Waals surface area (Å²) >= 11 is 1.08. The number of rotatable bonds is 5. The summed E-state index contributed by atoms with van der Waals surface area (Å²) in [5, 5.41) is 14.6. The lowest BCUT2D eigenvalue weighted by Crippen LogP contribution is -2.28. The minimum Gasteiger partial charge on any atom is -0.482 e. The first-order valence-electron chi connectivity index (χ1n) is 8.89. The van der Waals surface area contributed by atoms with Gasteiger partial charge < -0.3 is 25.5 Å². The number of aromatic nitrogens is 2. The van der Waals surface area contributed by atoms with Crippen molar-refractivity contribution >= 4 is 45.0 Å². The number of carbonyl (C=O) groups is 3. The number of amides is 2. The highest BCUT2D eigenvalue weighted by molar-refractivity contribution is 7.18. The standard InChI is InChI=1S/C19H16N4O6S/c1-8-12(5-14(25)26)30-19-15(8)17(27)22-16(23-19)18(28)20-6-9-2-3-11-10(4-9)21-13(24)7-29-11/h2-4H,5-7H2,1H3,(H,20,28)(H,21,24)(H,25,26)(H,22,23,27). The highest BCUT2D eigenvalue weighted by Gasteiger charge is 2.19. The van der Waals surface area contributed by atoms with E-state index in [0.717, 1.165) is 11.3 Å². The van der Waals surface area contributed by atoms with Gasteiger partial charge in [-0.15, -0.1) is 11.3 Å². The number of hydrogen-bond donors (Lipinski definition) is 4. The molecule has 0 saturated heterocycles. The monoisotopic (exact) mass is 428 g/mol. The Labute approximate surface area is 172 Å². The third-order valence-corrected chi connectivity index (χ3v) is 5.74. The lowest BCUT2D eigenvalue weighted by molar-refractivity contribution is -0.136. The van der Waals surface area contributed by atoms with Crippen LogP contribution in [0.3, 0.4) is 0 Å². The van der Waals surface area contributed by atoms with Crippen molar-refractivity contribution < 1.29 is 24.2 Å². The van der Waals surface area contributed by atoms with Crippen LogP contribution in [-0.4, -0.2) is 39.5 Å². The predicted molar refractivity (Wildman–Crippen MR) is 108 cm³/mol. The van der Waals surface area contributed by atoms with Gasteiger partial charge in [-0.05, 0) is 30.2 Å². The van der Waals surface area contributed by atoms with Gasteiger partial charge >= 0.3 is 5.97 Å². The zero-order valence-electron chi connectivity index (χ0n) is 15.7. The van der Waals surface area contributed by atoms with Crippen molar-refractivity contribution in [3.63, 3.8) is 0 Å².